The second kappa shape index (κ2) is 9.88. The molecule has 5 rings (SSSR count). The van der Waals surface area contributed by atoms with Gasteiger partial charge in [-0.05, 0) is 41.7 Å². The van der Waals surface area contributed by atoms with Crippen molar-refractivity contribution in [2.75, 3.05) is 10.2 Å². The van der Waals surface area contributed by atoms with Gasteiger partial charge in [-0.25, -0.2) is 0 Å². The first-order valence-electron chi connectivity index (χ1n) is 12.2. The Bertz CT molecular complexity index is 1390. The Hall–Kier alpha value is -3.28. The van der Waals surface area contributed by atoms with E-state index in [1.165, 1.54) is 6.92 Å². The molecule has 37 heavy (non-hydrogen) atoms. The van der Waals surface area contributed by atoms with Crippen LogP contribution >= 0.6 is 23.2 Å². The van der Waals surface area contributed by atoms with E-state index in [1.54, 1.807) is 17.0 Å². The van der Waals surface area contributed by atoms with Crippen LogP contribution in [-0.4, -0.2) is 11.7 Å². The highest BCUT2D eigenvalue weighted by atomic mass is 35.5. The number of rotatable bonds is 4. The van der Waals surface area contributed by atoms with E-state index in [1.807, 2.05) is 54.6 Å². The van der Waals surface area contributed by atoms with Crippen molar-refractivity contribution in [1.82, 2.24) is 0 Å². The number of carbonyl (C=O) groups is 2. The molecule has 0 radical (unpaired) electrons. The summed E-state index contributed by atoms with van der Waals surface area (Å²) in [6, 6.07) is 20.0. The predicted octanol–water partition coefficient (Wildman–Crippen LogP) is 7.74. The SMILES string of the molecule is CC(=O)N1c2ccccc2NC2=C(C(=O)CC(C)(C)C2)C1c1c(Cl)cc(OCc2ccccc2)cc1Cl. The van der Waals surface area contributed by atoms with Crippen molar-refractivity contribution in [3.8, 4) is 5.75 Å². The molecule has 3 aromatic rings. The summed E-state index contributed by atoms with van der Waals surface area (Å²) >= 11 is 13.8. The average Bonchev–Trinajstić information content (AvgIpc) is 2.96. The van der Waals surface area contributed by atoms with E-state index >= 15 is 0 Å². The molecule has 1 aliphatic heterocycles. The smallest absolute Gasteiger partial charge is 0.224 e. The Morgan fingerprint density at radius 1 is 1.03 bits per heavy atom. The van der Waals surface area contributed by atoms with Crippen LogP contribution in [0.5, 0.6) is 5.75 Å². The number of amides is 1. The molecule has 7 heteroatoms. The van der Waals surface area contributed by atoms with E-state index in [0.29, 0.717) is 52.1 Å². The number of nitrogens with zero attached hydrogens (tertiary/aromatic N) is 1. The fourth-order valence-corrected chi connectivity index (χ4v) is 5.93. The van der Waals surface area contributed by atoms with Crippen LogP contribution in [0.2, 0.25) is 10.0 Å². The fraction of sp³-hybridized carbons (Fsp3) is 0.267. The largest absolute Gasteiger partial charge is 0.489 e. The quantitative estimate of drug-likeness (QED) is 0.371. The van der Waals surface area contributed by atoms with Gasteiger partial charge in [-0.3, -0.25) is 14.5 Å². The van der Waals surface area contributed by atoms with Crippen molar-refractivity contribution in [3.63, 3.8) is 0 Å². The van der Waals surface area contributed by atoms with Gasteiger partial charge in [-0.1, -0.05) is 79.5 Å². The molecule has 5 nitrogen and oxygen atoms in total. The third-order valence-corrected chi connectivity index (χ3v) is 7.44. The van der Waals surface area contributed by atoms with Crippen LogP contribution in [0.15, 0.2) is 78.0 Å². The minimum absolute atomic E-state index is 0.0284. The van der Waals surface area contributed by atoms with E-state index in [9.17, 15) is 9.59 Å². The van der Waals surface area contributed by atoms with Gasteiger partial charge < -0.3 is 10.1 Å². The zero-order valence-corrected chi connectivity index (χ0v) is 22.5. The molecular formula is C30H28Cl2N2O3. The number of allylic oxidation sites excluding steroid dienone is 1. The molecule has 1 N–H and O–H groups in total. The number of carbonyl (C=O) groups excluding carboxylic acids is 2. The van der Waals surface area contributed by atoms with Gasteiger partial charge in [0.05, 0.1) is 27.5 Å². The number of hydrogen-bond acceptors (Lipinski definition) is 4. The van der Waals surface area contributed by atoms with Crippen molar-refractivity contribution >= 4 is 46.3 Å². The Kier molecular flexibility index (Phi) is 6.78. The number of benzene rings is 3. The molecule has 0 fully saturated rings. The first kappa shape index (κ1) is 25.4. The van der Waals surface area contributed by atoms with Crippen LogP contribution in [0.4, 0.5) is 11.4 Å². The van der Waals surface area contributed by atoms with E-state index in [2.05, 4.69) is 19.2 Å². The van der Waals surface area contributed by atoms with Gasteiger partial charge in [0.2, 0.25) is 5.91 Å². The number of Topliss-reactive ketones (excluding diaryl/α,β-unsaturated/α-hetero) is 1. The minimum atomic E-state index is -0.782. The molecule has 3 aromatic carbocycles. The van der Waals surface area contributed by atoms with Crippen LogP contribution in [0.25, 0.3) is 0 Å². The predicted molar refractivity (Wildman–Crippen MR) is 148 cm³/mol. The number of ketones is 1. The average molecular weight is 535 g/mol. The Labute approximate surface area is 227 Å². The number of fused-ring (bicyclic) bond motifs is 1. The summed E-state index contributed by atoms with van der Waals surface area (Å²) in [4.78, 5) is 28.5. The highest BCUT2D eigenvalue weighted by molar-refractivity contribution is 6.36. The third-order valence-electron chi connectivity index (χ3n) is 6.81. The molecule has 0 saturated carbocycles. The Balaban J connectivity index is 1.65. The second-order valence-electron chi connectivity index (χ2n) is 10.3. The van der Waals surface area contributed by atoms with E-state index in [4.69, 9.17) is 27.9 Å². The third kappa shape index (κ3) is 4.98. The molecule has 1 amide bonds. The molecule has 1 atom stereocenters. The van der Waals surface area contributed by atoms with Crippen LogP contribution in [-0.2, 0) is 16.2 Å². The van der Waals surface area contributed by atoms with Gasteiger partial charge in [-0.2, -0.15) is 0 Å². The molecule has 1 aliphatic carbocycles. The van der Waals surface area contributed by atoms with Gasteiger partial charge >= 0.3 is 0 Å². The van der Waals surface area contributed by atoms with Crippen LogP contribution in [0.1, 0.15) is 50.8 Å². The summed E-state index contributed by atoms with van der Waals surface area (Å²) < 4.78 is 5.97. The van der Waals surface area contributed by atoms with Crippen molar-refractivity contribution < 1.29 is 14.3 Å². The van der Waals surface area contributed by atoms with Gasteiger partial charge in [0.1, 0.15) is 12.4 Å². The summed E-state index contributed by atoms with van der Waals surface area (Å²) in [5.41, 5.74) is 4.02. The topological polar surface area (TPSA) is 58.6 Å². The van der Waals surface area contributed by atoms with Crippen LogP contribution < -0.4 is 15.0 Å². The summed E-state index contributed by atoms with van der Waals surface area (Å²) in [7, 11) is 0. The highest BCUT2D eigenvalue weighted by Crippen LogP contribution is 2.51. The van der Waals surface area contributed by atoms with Crippen LogP contribution in [0.3, 0.4) is 0 Å². The molecule has 2 aliphatic rings. The number of anilines is 2. The fourth-order valence-electron chi connectivity index (χ4n) is 5.26. The van der Waals surface area contributed by atoms with Gasteiger partial charge in [0.25, 0.3) is 0 Å². The molecule has 1 unspecified atom stereocenters. The van der Waals surface area contributed by atoms with E-state index in [-0.39, 0.29) is 17.1 Å². The lowest BCUT2D eigenvalue weighted by Gasteiger charge is -2.37. The standard InChI is InChI=1S/C30H28Cl2N2O3/c1-18(35)34-25-12-8-7-11-23(25)33-24-15-30(2,3)16-26(36)28(24)29(34)27-21(31)13-20(14-22(27)32)37-17-19-9-5-4-6-10-19/h4-14,29,33H,15-17H2,1-3H3. The van der Waals surface area contributed by atoms with E-state index in [0.717, 1.165) is 16.9 Å². The van der Waals surface area contributed by atoms with Crippen molar-refractivity contribution in [1.29, 1.82) is 0 Å². The first-order chi connectivity index (χ1) is 17.6. The minimum Gasteiger partial charge on any atom is -0.489 e. The maximum atomic E-state index is 13.7. The zero-order chi connectivity index (χ0) is 26.3. The second-order valence-corrected chi connectivity index (χ2v) is 11.2. The molecule has 0 bridgehead atoms. The monoisotopic (exact) mass is 534 g/mol. The number of para-hydroxylation sites is 2. The van der Waals surface area contributed by atoms with Crippen LogP contribution in [0, 0.1) is 5.41 Å². The van der Waals surface area contributed by atoms with Crippen molar-refractivity contribution in [3.05, 3.63) is 99.2 Å². The summed E-state index contributed by atoms with van der Waals surface area (Å²) in [5.74, 6) is 0.260. The molecule has 0 spiro atoms. The lowest BCUT2D eigenvalue weighted by atomic mass is 9.73. The number of halogens is 2. The van der Waals surface area contributed by atoms with Crippen molar-refractivity contribution in [2.45, 2.75) is 46.3 Å². The normalized spacial score (nSPS) is 18.5. The number of ether oxygens (including phenoxy) is 1. The first-order valence-corrected chi connectivity index (χ1v) is 13.0. The zero-order valence-electron chi connectivity index (χ0n) is 21.0. The number of hydrogen-bond donors (Lipinski definition) is 1. The number of nitrogens with one attached hydrogen (secondary N) is 1. The maximum absolute atomic E-state index is 13.7. The summed E-state index contributed by atoms with van der Waals surface area (Å²) in [5, 5.41) is 4.13. The lowest BCUT2D eigenvalue weighted by Crippen LogP contribution is -2.38. The van der Waals surface area contributed by atoms with Crippen molar-refractivity contribution in [2.24, 2.45) is 5.41 Å². The molecule has 0 saturated heterocycles. The molecular weight excluding hydrogens is 507 g/mol. The summed E-state index contributed by atoms with van der Waals surface area (Å²) in [6.45, 7) is 6.00. The lowest BCUT2D eigenvalue weighted by molar-refractivity contribution is -0.118. The van der Waals surface area contributed by atoms with Gasteiger partial charge in [-0.15, -0.1) is 0 Å². The molecule has 0 aromatic heterocycles. The summed E-state index contributed by atoms with van der Waals surface area (Å²) in [6.07, 6.45) is 1.01. The Morgan fingerprint density at radius 3 is 2.35 bits per heavy atom. The van der Waals surface area contributed by atoms with E-state index < -0.39 is 6.04 Å². The molecule has 190 valence electrons. The molecule has 1 heterocycles. The highest BCUT2D eigenvalue weighted by Gasteiger charge is 2.44. The maximum Gasteiger partial charge on any atom is 0.224 e. The van der Waals surface area contributed by atoms with Gasteiger partial charge in [0.15, 0.2) is 5.78 Å². The van der Waals surface area contributed by atoms with Gasteiger partial charge in [0, 0.05) is 30.2 Å². The Morgan fingerprint density at radius 2 is 1.68 bits per heavy atom.